The molecule has 4 rings (SSSR count). The molecule has 2 aromatic rings. The van der Waals surface area contributed by atoms with Gasteiger partial charge in [-0.1, -0.05) is 37.5 Å². The Labute approximate surface area is 201 Å². The molecular formula is C27H34N2O5. The lowest BCUT2D eigenvalue weighted by Crippen LogP contribution is -2.58. The van der Waals surface area contributed by atoms with Crippen LogP contribution >= 0.6 is 0 Å². The van der Waals surface area contributed by atoms with E-state index in [1.54, 1.807) is 19.1 Å². The molecule has 0 N–H and O–H groups in total. The van der Waals surface area contributed by atoms with E-state index in [2.05, 4.69) is 0 Å². The third kappa shape index (κ3) is 4.98. The standard InChI is InChI=1S/C27H34N2O5/c1-4-34-23-14-13-20(16-24(23)33-3)26-27(31)28(21-10-6-5-7-11-21)18-25(30)29(26)17-19-9-8-12-22(15-19)32-2/h8-9,12-16,21,26H,4-7,10-11,17-18H2,1-3H3/t26-/m0/s1. The maximum Gasteiger partial charge on any atom is 0.250 e. The molecule has 1 saturated carbocycles. The quantitative estimate of drug-likeness (QED) is 0.579. The van der Waals surface area contributed by atoms with Crippen LogP contribution in [0.5, 0.6) is 17.2 Å². The summed E-state index contributed by atoms with van der Waals surface area (Å²) in [6.45, 7) is 2.86. The van der Waals surface area contributed by atoms with Gasteiger partial charge in [0.2, 0.25) is 5.91 Å². The lowest BCUT2D eigenvalue weighted by Gasteiger charge is -2.44. The highest BCUT2D eigenvalue weighted by molar-refractivity contribution is 5.96. The van der Waals surface area contributed by atoms with Gasteiger partial charge < -0.3 is 24.0 Å². The number of hydrogen-bond acceptors (Lipinski definition) is 5. The predicted octanol–water partition coefficient (Wildman–Crippen LogP) is 4.35. The second-order valence-corrected chi connectivity index (χ2v) is 8.88. The Balaban J connectivity index is 1.71. The fraction of sp³-hybridized carbons (Fsp3) is 0.481. The van der Waals surface area contributed by atoms with Crippen molar-refractivity contribution in [1.82, 2.24) is 9.80 Å². The summed E-state index contributed by atoms with van der Waals surface area (Å²) in [5.74, 6) is 1.81. The first-order valence-electron chi connectivity index (χ1n) is 12.1. The molecule has 2 amide bonds. The van der Waals surface area contributed by atoms with E-state index in [1.165, 1.54) is 6.42 Å². The number of nitrogens with zero attached hydrogens (tertiary/aromatic N) is 2. The summed E-state index contributed by atoms with van der Waals surface area (Å²) in [6.07, 6.45) is 5.28. The van der Waals surface area contributed by atoms with Gasteiger partial charge >= 0.3 is 0 Å². The van der Waals surface area contributed by atoms with Gasteiger partial charge in [0.15, 0.2) is 11.5 Å². The molecule has 1 atom stereocenters. The van der Waals surface area contributed by atoms with Crippen molar-refractivity contribution < 1.29 is 23.8 Å². The highest BCUT2D eigenvalue weighted by atomic mass is 16.5. The molecule has 1 aliphatic heterocycles. The molecule has 2 aliphatic rings. The van der Waals surface area contributed by atoms with Crippen molar-refractivity contribution in [3.05, 3.63) is 53.6 Å². The minimum atomic E-state index is -0.723. The number of methoxy groups -OCH3 is 2. The van der Waals surface area contributed by atoms with Gasteiger partial charge in [0, 0.05) is 12.6 Å². The average molecular weight is 467 g/mol. The normalized spacial score (nSPS) is 19.3. The van der Waals surface area contributed by atoms with Gasteiger partial charge in [-0.15, -0.1) is 0 Å². The molecule has 0 bridgehead atoms. The zero-order valence-corrected chi connectivity index (χ0v) is 20.3. The van der Waals surface area contributed by atoms with Crippen LogP contribution < -0.4 is 14.2 Å². The van der Waals surface area contributed by atoms with Gasteiger partial charge in [-0.05, 0) is 55.2 Å². The monoisotopic (exact) mass is 466 g/mol. The minimum absolute atomic E-state index is 0.0272. The van der Waals surface area contributed by atoms with Crippen LogP contribution in [0.2, 0.25) is 0 Å². The summed E-state index contributed by atoms with van der Waals surface area (Å²) >= 11 is 0. The summed E-state index contributed by atoms with van der Waals surface area (Å²) in [5, 5.41) is 0. The molecule has 0 spiro atoms. The van der Waals surface area contributed by atoms with Gasteiger partial charge in [-0.3, -0.25) is 9.59 Å². The van der Waals surface area contributed by atoms with Crippen LogP contribution in [0.15, 0.2) is 42.5 Å². The maximum absolute atomic E-state index is 13.9. The molecule has 0 unspecified atom stereocenters. The maximum atomic E-state index is 13.9. The van der Waals surface area contributed by atoms with Crippen LogP contribution in [-0.4, -0.2) is 55.0 Å². The van der Waals surface area contributed by atoms with E-state index < -0.39 is 6.04 Å². The summed E-state index contributed by atoms with van der Waals surface area (Å²) < 4.78 is 16.6. The highest BCUT2D eigenvalue weighted by Crippen LogP contribution is 2.37. The van der Waals surface area contributed by atoms with Gasteiger partial charge in [0.1, 0.15) is 18.3 Å². The summed E-state index contributed by atoms with van der Waals surface area (Å²) in [5.41, 5.74) is 1.64. The molecular weight excluding hydrogens is 432 g/mol. The second kappa shape index (κ2) is 10.8. The van der Waals surface area contributed by atoms with Gasteiger partial charge in [-0.2, -0.15) is 0 Å². The first kappa shape index (κ1) is 23.9. The lowest BCUT2D eigenvalue weighted by atomic mass is 9.91. The third-order valence-corrected chi connectivity index (χ3v) is 6.76. The third-order valence-electron chi connectivity index (χ3n) is 6.76. The first-order valence-corrected chi connectivity index (χ1v) is 12.1. The highest BCUT2D eigenvalue weighted by Gasteiger charge is 2.43. The summed E-state index contributed by atoms with van der Waals surface area (Å²) in [4.78, 5) is 30.9. The van der Waals surface area contributed by atoms with Crippen LogP contribution in [0.4, 0.5) is 0 Å². The number of amides is 2. The van der Waals surface area contributed by atoms with Gasteiger partial charge in [0.05, 0.1) is 20.8 Å². The smallest absolute Gasteiger partial charge is 0.250 e. The molecule has 1 aliphatic carbocycles. The molecule has 1 saturated heterocycles. The number of rotatable bonds is 8. The van der Waals surface area contributed by atoms with E-state index in [0.29, 0.717) is 24.7 Å². The Hall–Kier alpha value is -3.22. The van der Waals surface area contributed by atoms with Crippen LogP contribution in [0.25, 0.3) is 0 Å². The Kier molecular flexibility index (Phi) is 7.60. The lowest BCUT2D eigenvalue weighted by molar-refractivity contribution is -0.160. The molecule has 1 heterocycles. The number of hydrogen-bond donors (Lipinski definition) is 0. The van der Waals surface area contributed by atoms with E-state index in [4.69, 9.17) is 14.2 Å². The first-order chi connectivity index (χ1) is 16.5. The second-order valence-electron chi connectivity index (χ2n) is 8.88. The largest absolute Gasteiger partial charge is 0.497 e. The van der Waals surface area contributed by atoms with E-state index in [-0.39, 0.29) is 24.4 Å². The molecule has 2 fully saturated rings. The number of ether oxygens (including phenoxy) is 3. The average Bonchev–Trinajstić information content (AvgIpc) is 2.87. The molecule has 2 aromatic carbocycles. The molecule has 34 heavy (non-hydrogen) atoms. The zero-order chi connectivity index (χ0) is 24.1. The Morgan fingerprint density at radius 3 is 2.44 bits per heavy atom. The van der Waals surface area contributed by atoms with Crippen LogP contribution in [0, 0.1) is 0 Å². The van der Waals surface area contributed by atoms with Crippen LogP contribution in [0.3, 0.4) is 0 Å². The number of piperazine rings is 1. The van der Waals surface area contributed by atoms with Crippen molar-refractivity contribution in [3.63, 3.8) is 0 Å². The fourth-order valence-electron chi connectivity index (χ4n) is 5.05. The Bertz CT molecular complexity index is 1020. The van der Waals surface area contributed by atoms with E-state index in [1.807, 2.05) is 54.3 Å². The van der Waals surface area contributed by atoms with Crippen LogP contribution in [-0.2, 0) is 16.1 Å². The molecule has 7 nitrogen and oxygen atoms in total. The summed E-state index contributed by atoms with van der Waals surface area (Å²) in [7, 11) is 3.20. The summed E-state index contributed by atoms with van der Waals surface area (Å²) in [6, 6.07) is 12.5. The Morgan fingerprint density at radius 1 is 0.941 bits per heavy atom. The number of carbonyl (C=O) groups is 2. The minimum Gasteiger partial charge on any atom is -0.497 e. The van der Waals surface area contributed by atoms with Gasteiger partial charge in [0.25, 0.3) is 5.91 Å². The molecule has 0 radical (unpaired) electrons. The number of benzene rings is 2. The fourth-order valence-corrected chi connectivity index (χ4v) is 5.05. The van der Waals surface area contributed by atoms with Crippen molar-refractivity contribution in [1.29, 1.82) is 0 Å². The topological polar surface area (TPSA) is 68.3 Å². The van der Waals surface area contributed by atoms with E-state index in [9.17, 15) is 9.59 Å². The molecule has 7 heteroatoms. The Morgan fingerprint density at radius 2 is 1.74 bits per heavy atom. The van der Waals surface area contributed by atoms with Crippen molar-refractivity contribution >= 4 is 11.8 Å². The van der Waals surface area contributed by atoms with Gasteiger partial charge in [-0.25, -0.2) is 0 Å². The predicted molar refractivity (Wildman–Crippen MR) is 129 cm³/mol. The van der Waals surface area contributed by atoms with Crippen LogP contribution in [0.1, 0.15) is 56.2 Å². The van der Waals surface area contributed by atoms with Crippen molar-refractivity contribution in [2.24, 2.45) is 0 Å². The van der Waals surface area contributed by atoms with Crippen molar-refractivity contribution in [3.8, 4) is 17.2 Å². The van der Waals surface area contributed by atoms with Crippen molar-refractivity contribution in [2.75, 3.05) is 27.4 Å². The number of carbonyl (C=O) groups excluding carboxylic acids is 2. The SMILES string of the molecule is CCOc1ccc([C@H]2C(=O)N(C3CCCCC3)CC(=O)N2Cc2cccc(OC)c2)cc1OC. The molecule has 0 aromatic heterocycles. The van der Waals surface area contributed by atoms with E-state index in [0.717, 1.165) is 42.6 Å². The van der Waals surface area contributed by atoms with E-state index >= 15 is 0 Å². The zero-order valence-electron chi connectivity index (χ0n) is 20.3. The van der Waals surface area contributed by atoms with Crippen molar-refractivity contribution in [2.45, 2.75) is 57.7 Å². The molecule has 182 valence electrons.